The number of aromatic nitrogens is 3. The first-order valence-corrected chi connectivity index (χ1v) is 12.1. The monoisotopic (exact) mass is 513 g/mol. The molecule has 0 radical (unpaired) electrons. The molecule has 5 rings (SSSR count). The number of hydrogen-bond acceptors (Lipinski definition) is 5. The van der Waals surface area contributed by atoms with Crippen molar-refractivity contribution in [3.63, 3.8) is 0 Å². The van der Waals surface area contributed by atoms with Gasteiger partial charge in [-0.2, -0.15) is 0 Å². The van der Waals surface area contributed by atoms with Crippen LogP contribution in [0.25, 0.3) is 44.3 Å². The summed E-state index contributed by atoms with van der Waals surface area (Å²) in [6, 6.07) is 13.3. The van der Waals surface area contributed by atoms with Gasteiger partial charge in [0.2, 0.25) is 6.29 Å². The van der Waals surface area contributed by atoms with Crippen molar-refractivity contribution in [2.24, 2.45) is 14.1 Å². The van der Waals surface area contributed by atoms with Crippen LogP contribution < -0.4 is 5.56 Å². The molecule has 0 aliphatic carbocycles. The van der Waals surface area contributed by atoms with E-state index in [0.29, 0.717) is 21.2 Å². The van der Waals surface area contributed by atoms with Crippen LogP contribution in [0.4, 0.5) is 0 Å². The minimum atomic E-state index is -0.499. The van der Waals surface area contributed by atoms with Crippen LogP contribution in [0, 0.1) is 0 Å². The fourth-order valence-corrected chi connectivity index (χ4v) is 5.76. The highest BCUT2D eigenvalue weighted by atomic mass is 35.5. The van der Waals surface area contributed by atoms with E-state index in [1.54, 1.807) is 44.0 Å². The van der Waals surface area contributed by atoms with Crippen LogP contribution in [0.15, 0.2) is 52.6 Å². The summed E-state index contributed by atoms with van der Waals surface area (Å²) in [7, 11) is 6.92. The summed E-state index contributed by atoms with van der Waals surface area (Å²) in [4.78, 5) is 18.0. The number of ether oxygens (including phenoxy) is 2. The van der Waals surface area contributed by atoms with Crippen LogP contribution in [0.5, 0.6) is 0 Å². The average Bonchev–Trinajstić information content (AvgIpc) is 3.41. The number of pyridine rings is 1. The van der Waals surface area contributed by atoms with E-state index in [0.717, 1.165) is 38.2 Å². The Morgan fingerprint density at radius 3 is 2.41 bits per heavy atom. The standard InChI is InChI=1S/C25H21Cl2N3O3S/c1-29-21-8-5-13(20-12-34-22(28-20)25(32-3)33-4)9-16(21)17-11-18(24(31)30(2)23(17)29)15-7-6-14(26)10-19(15)27/h5-12,25H,1-4H3. The molecule has 9 heteroatoms. The molecule has 0 aliphatic rings. The number of hydrogen-bond donors (Lipinski definition) is 0. The number of nitrogens with zero attached hydrogens (tertiary/aromatic N) is 3. The molecule has 0 N–H and O–H groups in total. The van der Waals surface area contributed by atoms with Crippen LogP contribution in [0.1, 0.15) is 11.3 Å². The lowest BCUT2D eigenvalue weighted by atomic mass is 10.0. The third-order valence-electron chi connectivity index (χ3n) is 6.02. The highest BCUT2D eigenvalue weighted by Crippen LogP contribution is 2.36. The lowest BCUT2D eigenvalue weighted by Gasteiger charge is -2.09. The maximum absolute atomic E-state index is 13.3. The third-order valence-corrected chi connectivity index (χ3v) is 7.43. The summed E-state index contributed by atoms with van der Waals surface area (Å²) in [5.41, 5.74) is 4.68. The maximum atomic E-state index is 13.3. The van der Waals surface area contributed by atoms with Gasteiger partial charge in [0.1, 0.15) is 10.7 Å². The summed E-state index contributed by atoms with van der Waals surface area (Å²) in [5, 5.41) is 5.66. The van der Waals surface area contributed by atoms with Crippen LogP contribution in [-0.4, -0.2) is 28.3 Å². The van der Waals surface area contributed by atoms with E-state index < -0.39 is 6.29 Å². The molecular formula is C25H21Cl2N3O3S. The number of halogens is 2. The van der Waals surface area contributed by atoms with Gasteiger partial charge < -0.3 is 14.0 Å². The molecule has 5 aromatic rings. The highest BCUT2D eigenvalue weighted by molar-refractivity contribution is 7.10. The normalized spacial score (nSPS) is 11.9. The minimum absolute atomic E-state index is 0.128. The van der Waals surface area contributed by atoms with Crippen molar-refractivity contribution >= 4 is 56.5 Å². The Kier molecular flexibility index (Phi) is 6.00. The average molecular weight is 514 g/mol. The van der Waals surface area contributed by atoms with E-state index >= 15 is 0 Å². The molecule has 3 aromatic heterocycles. The van der Waals surface area contributed by atoms with E-state index in [4.69, 9.17) is 37.7 Å². The molecular weight excluding hydrogens is 493 g/mol. The Labute approximate surface area is 209 Å². The van der Waals surface area contributed by atoms with Gasteiger partial charge in [0, 0.05) is 66.2 Å². The number of methoxy groups -OCH3 is 2. The second-order valence-electron chi connectivity index (χ2n) is 7.95. The SMILES string of the molecule is COC(OC)c1nc(-c2ccc3c(c2)c2cc(-c4ccc(Cl)cc4Cl)c(=O)n(C)c2n3C)cs1. The summed E-state index contributed by atoms with van der Waals surface area (Å²) in [6.45, 7) is 0. The molecule has 34 heavy (non-hydrogen) atoms. The zero-order valence-electron chi connectivity index (χ0n) is 18.9. The minimum Gasteiger partial charge on any atom is -0.350 e. The van der Waals surface area contributed by atoms with Crippen LogP contribution in [-0.2, 0) is 23.6 Å². The largest absolute Gasteiger partial charge is 0.350 e. The molecule has 0 bridgehead atoms. The lowest BCUT2D eigenvalue weighted by molar-refractivity contribution is -0.106. The van der Waals surface area contributed by atoms with Crippen molar-refractivity contribution in [2.75, 3.05) is 14.2 Å². The van der Waals surface area contributed by atoms with Crippen molar-refractivity contribution in [3.05, 3.63) is 73.3 Å². The van der Waals surface area contributed by atoms with Crippen molar-refractivity contribution in [1.82, 2.24) is 14.1 Å². The van der Waals surface area contributed by atoms with Crippen LogP contribution in [0.3, 0.4) is 0 Å². The molecule has 2 aromatic carbocycles. The van der Waals surface area contributed by atoms with Gasteiger partial charge in [-0.1, -0.05) is 35.3 Å². The van der Waals surface area contributed by atoms with Gasteiger partial charge in [0.05, 0.1) is 16.2 Å². The quantitative estimate of drug-likeness (QED) is 0.254. The molecule has 0 saturated heterocycles. The van der Waals surface area contributed by atoms with Gasteiger partial charge in [-0.3, -0.25) is 9.36 Å². The first-order chi connectivity index (χ1) is 16.3. The second kappa shape index (κ2) is 8.83. The Bertz CT molecular complexity index is 1620. The Morgan fingerprint density at radius 1 is 0.941 bits per heavy atom. The predicted octanol–water partition coefficient (Wildman–Crippen LogP) is 6.42. The van der Waals surface area contributed by atoms with E-state index in [9.17, 15) is 4.79 Å². The maximum Gasteiger partial charge on any atom is 0.259 e. The number of benzene rings is 2. The predicted molar refractivity (Wildman–Crippen MR) is 139 cm³/mol. The van der Waals surface area contributed by atoms with Gasteiger partial charge in [-0.15, -0.1) is 11.3 Å². The second-order valence-corrected chi connectivity index (χ2v) is 9.68. The zero-order chi connectivity index (χ0) is 24.1. The topological polar surface area (TPSA) is 58.3 Å². The fraction of sp³-hybridized carbons (Fsp3) is 0.200. The van der Waals surface area contributed by atoms with Crippen LogP contribution in [0.2, 0.25) is 10.0 Å². The Morgan fingerprint density at radius 2 is 1.71 bits per heavy atom. The van der Waals surface area contributed by atoms with Gasteiger partial charge in [-0.25, -0.2) is 4.98 Å². The van der Waals surface area contributed by atoms with Crippen molar-refractivity contribution in [3.8, 4) is 22.4 Å². The number of fused-ring (bicyclic) bond motifs is 3. The molecule has 0 spiro atoms. The molecule has 0 fully saturated rings. The number of aryl methyl sites for hydroxylation is 2. The van der Waals surface area contributed by atoms with Gasteiger partial charge in [0.25, 0.3) is 5.56 Å². The van der Waals surface area contributed by atoms with Gasteiger partial charge in [-0.05, 0) is 30.3 Å². The first-order valence-electron chi connectivity index (χ1n) is 10.4. The number of rotatable bonds is 5. The molecule has 0 aliphatic heterocycles. The molecule has 174 valence electrons. The van der Waals surface area contributed by atoms with Crippen molar-refractivity contribution in [2.45, 2.75) is 6.29 Å². The lowest BCUT2D eigenvalue weighted by Crippen LogP contribution is -2.20. The van der Waals surface area contributed by atoms with E-state index in [1.807, 2.05) is 35.2 Å². The van der Waals surface area contributed by atoms with Gasteiger partial charge in [0.15, 0.2) is 0 Å². The summed E-state index contributed by atoms with van der Waals surface area (Å²) < 4.78 is 14.4. The van der Waals surface area contributed by atoms with E-state index in [2.05, 4.69) is 6.07 Å². The molecule has 3 heterocycles. The molecule has 0 saturated carbocycles. The number of thiazole rings is 1. The van der Waals surface area contributed by atoms with Crippen LogP contribution >= 0.6 is 34.5 Å². The molecule has 0 amide bonds. The smallest absolute Gasteiger partial charge is 0.259 e. The molecule has 0 unspecified atom stereocenters. The third kappa shape index (κ3) is 3.65. The fourth-order valence-electron chi connectivity index (χ4n) is 4.38. The summed E-state index contributed by atoms with van der Waals surface area (Å²) >= 11 is 14.0. The Hall–Kier alpha value is -2.68. The van der Waals surface area contributed by atoms with Gasteiger partial charge >= 0.3 is 0 Å². The highest BCUT2D eigenvalue weighted by Gasteiger charge is 2.19. The Balaban J connectivity index is 1.74. The first kappa shape index (κ1) is 23.1. The van der Waals surface area contributed by atoms with E-state index in [1.165, 1.54) is 11.3 Å². The molecule has 0 atom stereocenters. The summed E-state index contributed by atoms with van der Waals surface area (Å²) in [6.07, 6.45) is -0.499. The molecule has 6 nitrogen and oxygen atoms in total. The zero-order valence-corrected chi connectivity index (χ0v) is 21.3. The van der Waals surface area contributed by atoms with Crippen molar-refractivity contribution in [1.29, 1.82) is 0 Å². The van der Waals surface area contributed by atoms with E-state index in [-0.39, 0.29) is 5.56 Å². The van der Waals surface area contributed by atoms with Crippen molar-refractivity contribution < 1.29 is 9.47 Å². The summed E-state index contributed by atoms with van der Waals surface area (Å²) in [5.74, 6) is 0.